The molecule has 3 aromatic heterocycles. The Hall–Kier alpha value is -2.25. The van der Waals surface area contributed by atoms with Gasteiger partial charge in [-0.2, -0.15) is 4.98 Å². The molecule has 1 aromatic carbocycles. The third kappa shape index (κ3) is 1.87. The molecule has 0 saturated carbocycles. The number of halogens is 1. The van der Waals surface area contributed by atoms with Crippen molar-refractivity contribution in [1.82, 2.24) is 24.9 Å². The zero-order chi connectivity index (χ0) is 13.5. The number of rotatable bonds is 2. The van der Waals surface area contributed by atoms with Gasteiger partial charge in [0.2, 0.25) is 5.95 Å². The second-order valence-electron chi connectivity index (χ2n) is 4.08. The number of nitrogens with zero attached hydrogens (tertiary/aromatic N) is 4. The van der Waals surface area contributed by atoms with Crippen LogP contribution in [0.25, 0.3) is 21.4 Å². The van der Waals surface area contributed by atoms with E-state index in [2.05, 4.69) is 30.2 Å². The van der Waals surface area contributed by atoms with Gasteiger partial charge in [-0.1, -0.05) is 29.0 Å². The van der Waals surface area contributed by atoms with Gasteiger partial charge in [0.1, 0.15) is 17.4 Å². The maximum atomic E-state index is 6.11. The number of para-hydroxylation sites is 1. The van der Waals surface area contributed by atoms with Gasteiger partial charge < -0.3 is 10.3 Å². The van der Waals surface area contributed by atoms with Crippen LogP contribution < -0.4 is 5.32 Å². The van der Waals surface area contributed by atoms with E-state index in [4.69, 9.17) is 11.6 Å². The maximum absolute atomic E-state index is 6.11. The summed E-state index contributed by atoms with van der Waals surface area (Å²) in [6.07, 6.45) is 3.14. The van der Waals surface area contributed by atoms with Crippen molar-refractivity contribution >= 4 is 55.4 Å². The monoisotopic (exact) mass is 302 g/mol. The van der Waals surface area contributed by atoms with Gasteiger partial charge in [-0.3, -0.25) is 0 Å². The third-order valence-electron chi connectivity index (χ3n) is 2.76. The molecule has 2 N–H and O–H groups in total. The van der Waals surface area contributed by atoms with Crippen molar-refractivity contribution in [3.8, 4) is 0 Å². The van der Waals surface area contributed by atoms with Crippen molar-refractivity contribution in [2.45, 2.75) is 0 Å². The summed E-state index contributed by atoms with van der Waals surface area (Å²) in [5.41, 5.74) is 2.17. The average molecular weight is 303 g/mol. The van der Waals surface area contributed by atoms with Crippen molar-refractivity contribution < 1.29 is 0 Å². The molecule has 4 rings (SSSR count). The summed E-state index contributed by atoms with van der Waals surface area (Å²) in [5, 5.41) is 4.49. The Morgan fingerprint density at radius 1 is 1.25 bits per heavy atom. The topological polar surface area (TPSA) is 79.4 Å². The Balaban J connectivity index is 1.74. The molecule has 20 heavy (non-hydrogen) atoms. The lowest BCUT2D eigenvalue weighted by Crippen LogP contribution is -1.90. The summed E-state index contributed by atoms with van der Waals surface area (Å²) < 4.78 is 1.02. The highest BCUT2D eigenvalue weighted by Crippen LogP contribution is 2.31. The van der Waals surface area contributed by atoms with E-state index >= 15 is 0 Å². The summed E-state index contributed by atoms with van der Waals surface area (Å²) in [5.74, 6) is 0.579. The minimum absolute atomic E-state index is 0.579. The number of nitrogens with one attached hydrogen (secondary N) is 2. The van der Waals surface area contributed by atoms with Gasteiger partial charge in [0.15, 0.2) is 10.8 Å². The molecule has 0 saturated heterocycles. The fraction of sp³-hybridized carbons (Fsp3) is 0. The van der Waals surface area contributed by atoms with E-state index in [1.54, 1.807) is 6.20 Å². The summed E-state index contributed by atoms with van der Waals surface area (Å²) in [6.45, 7) is 0. The maximum Gasteiger partial charge on any atom is 0.209 e. The molecular weight excluding hydrogens is 296 g/mol. The van der Waals surface area contributed by atoms with E-state index in [0.717, 1.165) is 20.9 Å². The first-order chi connectivity index (χ1) is 9.79. The lowest BCUT2D eigenvalue weighted by Gasteiger charge is -1.94. The molecule has 0 aliphatic heterocycles. The number of aromatic nitrogens is 5. The molecule has 0 fully saturated rings. The van der Waals surface area contributed by atoms with Crippen molar-refractivity contribution in [2.75, 3.05) is 5.32 Å². The number of anilines is 2. The first-order valence-corrected chi connectivity index (χ1v) is 6.97. The number of imidazole rings is 1. The predicted octanol–water partition coefficient (Wildman–Crippen LogP) is 3.36. The quantitative estimate of drug-likeness (QED) is 0.593. The van der Waals surface area contributed by atoms with E-state index < -0.39 is 0 Å². The summed E-state index contributed by atoms with van der Waals surface area (Å²) in [4.78, 5) is 19.9. The lowest BCUT2D eigenvalue weighted by atomic mass is 10.3. The molecule has 0 unspecified atom stereocenters. The van der Waals surface area contributed by atoms with Crippen LogP contribution in [0.4, 0.5) is 11.1 Å². The highest BCUT2D eigenvalue weighted by atomic mass is 35.5. The fourth-order valence-electron chi connectivity index (χ4n) is 1.89. The summed E-state index contributed by atoms with van der Waals surface area (Å²) >= 11 is 7.63. The van der Waals surface area contributed by atoms with Crippen LogP contribution in [0.5, 0.6) is 0 Å². The van der Waals surface area contributed by atoms with Crippen molar-refractivity contribution in [3.05, 3.63) is 35.7 Å². The van der Waals surface area contributed by atoms with Gasteiger partial charge in [-0.05, 0) is 12.1 Å². The number of H-pyrrole nitrogens is 1. The molecule has 8 heteroatoms. The Morgan fingerprint density at radius 2 is 2.20 bits per heavy atom. The highest BCUT2D eigenvalue weighted by Gasteiger charge is 2.09. The number of aromatic amines is 1. The van der Waals surface area contributed by atoms with Gasteiger partial charge in [0.05, 0.1) is 15.9 Å². The van der Waals surface area contributed by atoms with Crippen LogP contribution in [0.3, 0.4) is 0 Å². The largest absolute Gasteiger partial charge is 0.321 e. The normalized spacial score (nSPS) is 11.2. The fourth-order valence-corrected chi connectivity index (χ4v) is 3.06. The molecule has 6 nitrogen and oxygen atoms in total. The van der Waals surface area contributed by atoms with Gasteiger partial charge >= 0.3 is 0 Å². The Bertz CT molecular complexity index is 882. The summed E-state index contributed by atoms with van der Waals surface area (Å²) in [6, 6.07) is 5.71. The van der Waals surface area contributed by atoms with Crippen LogP contribution in [0.2, 0.25) is 5.02 Å². The molecule has 0 radical (unpaired) electrons. The smallest absolute Gasteiger partial charge is 0.209 e. The van der Waals surface area contributed by atoms with Crippen molar-refractivity contribution in [3.63, 3.8) is 0 Å². The van der Waals surface area contributed by atoms with Crippen LogP contribution >= 0.6 is 22.9 Å². The molecule has 4 aromatic rings. The Morgan fingerprint density at radius 3 is 3.05 bits per heavy atom. The van der Waals surface area contributed by atoms with Gasteiger partial charge in [0, 0.05) is 0 Å². The van der Waals surface area contributed by atoms with Crippen LogP contribution in [0.1, 0.15) is 0 Å². The van der Waals surface area contributed by atoms with E-state index in [9.17, 15) is 0 Å². The zero-order valence-electron chi connectivity index (χ0n) is 9.96. The molecule has 0 spiro atoms. The zero-order valence-corrected chi connectivity index (χ0v) is 11.5. The van der Waals surface area contributed by atoms with Crippen molar-refractivity contribution in [1.29, 1.82) is 0 Å². The Labute approximate surface area is 121 Å². The van der Waals surface area contributed by atoms with E-state index in [0.29, 0.717) is 16.6 Å². The van der Waals surface area contributed by atoms with E-state index in [1.165, 1.54) is 17.7 Å². The molecule has 0 aliphatic rings. The number of benzene rings is 1. The third-order valence-corrected chi connectivity index (χ3v) is 4.00. The first kappa shape index (κ1) is 11.6. The number of thiazole rings is 1. The SMILES string of the molecule is Clc1cccc2sc(Nc3nc4ncncc4[nH]3)nc12. The van der Waals surface area contributed by atoms with Gasteiger partial charge in [-0.25, -0.2) is 15.0 Å². The molecule has 98 valence electrons. The molecule has 0 atom stereocenters. The van der Waals surface area contributed by atoms with Crippen LogP contribution in [0.15, 0.2) is 30.7 Å². The van der Waals surface area contributed by atoms with Crippen molar-refractivity contribution in [2.24, 2.45) is 0 Å². The van der Waals surface area contributed by atoms with Gasteiger partial charge in [0.25, 0.3) is 0 Å². The lowest BCUT2D eigenvalue weighted by molar-refractivity contribution is 1.20. The van der Waals surface area contributed by atoms with Crippen LogP contribution in [-0.2, 0) is 0 Å². The highest BCUT2D eigenvalue weighted by molar-refractivity contribution is 7.22. The minimum Gasteiger partial charge on any atom is -0.321 e. The van der Waals surface area contributed by atoms with E-state index in [-0.39, 0.29) is 0 Å². The molecule has 3 heterocycles. The van der Waals surface area contributed by atoms with Crippen LogP contribution in [-0.4, -0.2) is 24.9 Å². The molecule has 0 bridgehead atoms. The van der Waals surface area contributed by atoms with E-state index in [1.807, 2.05) is 18.2 Å². The number of hydrogen-bond acceptors (Lipinski definition) is 6. The minimum atomic E-state index is 0.579. The second kappa shape index (κ2) is 4.39. The molecule has 0 amide bonds. The van der Waals surface area contributed by atoms with Crippen LogP contribution in [0, 0.1) is 0 Å². The second-order valence-corrected chi connectivity index (χ2v) is 5.51. The first-order valence-electron chi connectivity index (χ1n) is 5.77. The summed E-state index contributed by atoms with van der Waals surface area (Å²) in [7, 11) is 0. The Kier molecular flexibility index (Phi) is 2.54. The molecule has 0 aliphatic carbocycles. The number of fused-ring (bicyclic) bond motifs is 2. The number of hydrogen-bond donors (Lipinski definition) is 2. The predicted molar refractivity (Wildman–Crippen MR) is 79.6 cm³/mol. The van der Waals surface area contributed by atoms with Gasteiger partial charge in [-0.15, -0.1) is 0 Å². The average Bonchev–Trinajstić information content (AvgIpc) is 3.02. The standard InChI is InChI=1S/C12H7ClN6S/c13-6-2-1-3-8-9(6)17-12(20-8)19-11-16-7-4-14-5-15-10(7)18-11/h1-5H,(H2,14,15,16,17,18,19). The molecular formula is C12H7ClN6S.